The number of pyridine rings is 1. The predicted octanol–water partition coefficient (Wildman–Crippen LogP) is 2.48. The fraction of sp³-hybridized carbons (Fsp3) is 0.333. The highest BCUT2D eigenvalue weighted by atomic mass is 19.1. The van der Waals surface area contributed by atoms with Crippen LogP contribution >= 0.6 is 0 Å². The normalized spacial score (nSPS) is 14.0. The van der Waals surface area contributed by atoms with Gasteiger partial charge in [-0.25, -0.2) is 4.39 Å². The van der Waals surface area contributed by atoms with Crippen molar-refractivity contribution in [1.29, 1.82) is 0 Å². The van der Waals surface area contributed by atoms with Gasteiger partial charge >= 0.3 is 0 Å². The summed E-state index contributed by atoms with van der Waals surface area (Å²) in [5.41, 5.74) is 1.56. The molecule has 2 aromatic carbocycles. The number of ether oxygens (including phenoxy) is 1. The summed E-state index contributed by atoms with van der Waals surface area (Å²) in [4.78, 5) is 18.9. The number of hydrogen-bond acceptors (Lipinski definition) is 7. The fourth-order valence-electron chi connectivity index (χ4n) is 3.93. The molecule has 0 radical (unpaired) electrons. The molecule has 0 bridgehead atoms. The lowest BCUT2D eigenvalue weighted by atomic mass is 10.0. The van der Waals surface area contributed by atoms with Gasteiger partial charge in [-0.1, -0.05) is 19.1 Å². The Morgan fingerprint density at radius 1 is 1.21 bits per heavy atom. The molecule has 4 N–H and O–H groups in total. The molecule has 1 atom stereocenters. The van der Waals surface area contributed by atoms with E-state index in [2.05, 4.69) is 22.5 Å². The van der Waals surface area contributed by atoms with Gasteiger partial charge in [-0.3, -0.25) is 15.1 Å². The number of carbonyl (C=O) groups excluding carboxylic acids is 1. The molecule has 1 aromatic heterocycles. The van der Waals surface area contributed by atoms with Gasteiger partial charge in [0.05, 0.1) is 12.1 Å². The molecule has 0 saturated carbocycles. The van der Waals surface area contributed by atoms with Gasteiger partial charge in [-0.15, -0.1) is 0 Å². The predicted molar refractivity (Wildman–Crippen MR) is 121 cm³/mol. The third kappa shape index (κ3) is 4.90. The van der Waals surface area contributed by atoms with Crippen LogP contribution in [0.3, 0.4) is 0 Å². The summed E-state index contributed by atoms with van der Waals surface area (Å²) in [5.74, 6) is -0.657. The van der Waals surface area contributed by atoms with E-state index in [9.17, 15) is 19.4 Å². The molecule has 1 aliphatic rings. The van der Waals surface area contributed by atoms with Gasteiger partial charge in [0.15, 0.2) is 5.75 Å². The molecule has 8 nitrogen and oxygen atoms in total. The monoisotopic (exact) mass is 454 g/mol. The average molecular weight is 455 g/mol. The second-order valence-electron chi connectivity index (χ2n) is 7.89. The van der Waals surface area contributed by atoms with Crippen molar-refractivity contribution in [2.24, 2.45) is 0 Å². The number of nitrogens with one attached hydrogen (secondary N) is 2. The minimum Gasteiger partial charge on any atom is -0.505 e. The lowest BCUT2D eigenvalue weighted by molar-refractivity contribution is -0.0428. The van der Waals surface area contributed by atoms with Gasteiger partial charge in [0.1, 0.15) is 17.1 Å². The number of aliphatic hydroxyl groups excluding tert-OH is 1. The van der Waals surface area contributed by atoms with Crippen molar-refractivity contribution in [2.75, 3.05) is 19.6 Å². The van der Waals surface area contributed by atoms with Crippen LogP contribution in [-0.2, 0) is 13.1 Å². The lowest BCUT2D eigenvalue weighted by Gasteiger charge is -2.19. The lowest BCUT2D eigenvalue weighted by Crippen LogP contribution is -2.39. The molecule has 1 amide bonds. The topological polar surface area (TPSA) is 107 Å². The van der Waals surface area contributed by atoms with Crippen molar-refractivity contribution in [3.05, 3.63) is 65.1 Å². The molecule has 0 spiro atoms. The number of amides is 1. The van der Waals surface area contributed by atoms with Crippen LogP contribution < -0.4 is 15.4 Å². The molecule has 0 aliphatic carbocycles. The molecular formula is C24H27FN4O4. The number of nitrogens with zero attached hydrogens (tertiary/aromatic N) is 2. The van der Waals surface area contributed by atoms with Crippen LogP contribution in [0.5, 0.6) is 11.5 Å². The van der Waals surface area contributed by atoms with Crippen LogP contribution in [0.4, 0.5) is 4.39 Å². The molecule has 9 heteroatoms. The van der Waals surface area contributed by atoms with E-state index in [1.807, 2.05) is 0 Å². The Morgan fingerprint density at radius 3 is 2.76 bits per heavy atom. The smallest absolute Gasteiger partial charge is 0.258 e. The third-order valence-corrected chi connectivity index (χ3v) is 5.50. The van der Waals surface area contributed by atoms with Crippen molar-refractivity contribution < 1.29 is 24.1 Å². The van der Waals surface area contributed by atoms with E-state index in [0.717, 1.165) is 18.5 Å². The quantitative estimate of drug-likeness (QED) is 0.275. The van der Waals surface area contributed by atoms with Crippen LogP contribution in [-0.4, -0.2) is 52.1 Å². The number of carbonyl (C=O) groups is 1. The van der Waals surface area contributed by atoms with E-state index in [1.54, 1.807) is 24.3 Å². The maximum Gasteiger partial charge on any atom is 0.258 e. The van der Waals surface area contributed by atoms with Crippen molar-refractivity contribution in [1.82, 2.24) is 20.5 Å². The summed E-state index contributed by atoms with van der Waals surface area (Å²) >= 11 is 0. The third-order valence-electron chi connectivity index (χ3n) is 5.50. The van der Waals surface area contributed by atoms with E-state index in [0.29, 0.717) is 29.8 Å². The Bertz CT molecular complexity index is 1140. The van der Waals surface area contributed by atoms with Gasteiger partial charge in [0.2, 0.25) is 0 Å². The Labute approximate surface area is 191 Å². The summed E-state index contributed by atoms with van der Waals surface area (Å²) in [6, 6.07) is 9.32. The van der Waals surface area contributed by atoms with Gasteiger partial charge in [-0.2, -0.15) is 0 Å². The first-order valence-electron chi connectivity index (χ1n) is 10.9. The van der Waals surface area contributed by atoms with E-state index < -0.39 is 6.41 Å². The highest BCUT2D eigenvalue weighted by Crippen LogP contribution is 2.44. The summed E-state index contributed by atoms with van der Waals surface area (Å²) < 4.78 is 19.1. The number of phenolic OH excluding ortho intramolecular Hbond substituents is 1. The van der Waals surface area contributed by atoms with Crippen molar-refractivity contribution in [3.63, 3.8) is 0 Å². The molecule has 0 fully saturated rings. The Kier molecular flexibility index (Phi) is 7.02. The summed E-state index contributed by atoms with van der Waals surface area (Å²) in [6.07, 6.45) is 1.22. The molecule has 3 aromatic rings. The number of halogens is 1. The summed E-state index contributed by atoms with van der Waals surface area (Å²) in [7, 11) is 0. The highest BCUT2D eigenvalue weighted by Gasteiger charge is 2.36. The van der Waals surface area contributed by atoms with Gasteiger partial charge in [0, 0.05) is 36.8 Å². The largest absolute Gasteiger partial charge is 0.505 e. The first kappa shape index (κ1) is 22.9. The number of hydrogen-bond donors (Lipinski definition) is 4. The van der Waals surface area contributed by atoms with Crippen LogP contribution in [0.15, 0.2) is 42.6 Å². The van der Waals surface area contributed by atoms with E-state index >= 15 is 0 Å². The first-order chi connectivity index (χ1) is 16.0. The summed E-state index contributed by atoms with van der Waals surface area (Å²) in [6.45, 7) is 4.50. The number of aliphatic hydroxyl groups is 1. The highest BCUT2D eigenvalue weighted by molar-refractivity contribution is 6.08. The van der Waals surface area contributed by atoms with Crippen LogP contribution in [0.2, 0.25) is 0 Å². The Morgan fingerprint density at radius 2 is 2.00 bits per heavy atom. The first-order valence-corrected chi connectivity index (χ1v) is 10.9. The van der Waals surface area contributed by atoms with E-state index in [4.69, 9.17) is 4.74 Å². The number of aromatic nitrogens is 1. The van der Waals surface area contributed by atoms with Crippen molar-refractivity contribution in [2.45, 2.75) is 32.8 Å². The molecule has 33 heavy (non-hydrogen) atoms. The number of rotatable bonds is 10. The van der Waals surface area contributed by atoms with Crippen molar-refractivity contribution in [3.8, 4) is 11.5 Å². The number of aromatic hydroxyl groups is 1. The molecule has 174 valence electrons. The van der Waals surface area contributed by atoms with Crippen molar-refractivity contribution >= 4 is 16.8 Å². The second kappa shape index (κ2) is 10.1. The molecule has 4 rings (SSSR count). The zero-order valence-electron chi connectivity index (χ0n) is 18.3. The molecule has 1 aliphatic heterocycles. The standard InChI is InChI=1S/C24H27FN4O4/c1-2-9-26-11-12-28-24(32)33-22-17-4-3-10-27-20(17)21(30)19-18(22)14-29(23(19)31)13-15-5-7-16(25)8-6-15/h3-8,10,24,26,28,30,32H,2,9,11-14H2,1H3. The fourth-order valence-corrected chi connectivity index (χ4v) is 3.93. The zero-order valence-corrected chi connectivity index (χ0v) is 18.3. The molecular weight excluding hydrogens is 427 g/mol. The van der Waals surface area contributed by atoms with Crippen LogP contribution in [0, 0.1) is 5.82 Å². The van der Waals surface area contributed by atoms with Gasteiger partial charge in [-0.05, 0) is 42.8 Å². The summed E-state index contributed by atoms with van der Waals surface area (Å²) in [5, 5.41) is 27.9. The number of fused-ring (bicyclic) bond motifs is 2. The maximum absolute atomic E-state index is 13.3. The van der Waals surface area contributed by atoms with E-state index in [-0.39, 0.29) is 41.6 Å². The molecule has 2 heterocycles. The minimum atomic E-state index is -1.31. The van der Waals surface area contributed by atoms with Crippen LogP contribution in [0.1, 0.15) is 34.8 Å². The van der Waals surface area contributed by atoms with Gasteiger partial charge in [0.25, 0.3) is 12.3 Å². The Hall–Kier alpha value is -3.27. The van der Waals surface area contributed by atoms with E-state index in [1.165, 1.54) is 23.2 Å². The van der Waals surface area contributed by atoms with Gasteiger partial charge < -0.3 is 25.2 Å². The SMILES string of the molecule is CCCNCCNC(O)Oc1c2c(c(O)c3ncccc13)C(=O)N(Cc1ccc(F)cc1)C2. The average Bonchev–Trinajstić information content (AvgIpc) is 3.14. The maximum atomic E-state index is 13.3. The Balaban J connectivity index is 1.61. The number of phenols is 1. The second-order valence-corrected chi connectivity index (χ2v) is 7.89. The molecule has 0 saturated heterocycles. The zero-order chi connectivity index (χ0) is 23.4. The molecule has 1 unspecified atom stereocenters. The van der Waals surface area contributed by atoms with Crippen LogP contribution in [0.25, 0.3) is 10.9 Å². The minimum absolute atomic E-state index is 0.107. The number of benzene rings is 2.